The molecule has 2 N–H and O–H groups in total. The third kappa shape index (κ3) is 3.87. The topological polar surface area (TPSA) is 59.0 Å². The minimum absolute atomic E-state index is 0.0148. The lowest BCUT2D eigenvalue weighted by molar-refractivity contribution is -0.173. The Hall–Kier alpha value is -3.00. The molecule has 2 atom stereocenters. The van der Waals surface area contributed by atoms with E-state index in [2.05, 4.69) is 15.7 Å². The van der Waals surface area contributed by atoms with Gasteiger partial charge < -0.3 is 10.6 Å². The molecule has 0 saturated heterocycles. The number of benzene rings is 2. The molecule has 1 aliphatic heterocycles. The Morgan fingerprint density at radius 2 is 1.90 bits per heavy atom. The predicted octanol–water partition coefficient (Wildman–Crippen LogP) is 5.76. The summed E-state index contributed by atoms with van der Waals surface area (Å²) >= 11 is 6.07. The second kappa shape index (κ2) is 7.68. The molecule has 5 nitrogen and oxygen atoms in total. The van der Waals surface area contributed by atoms with E-state index in [1.54, 1.807) is 36.4 Å². The van der Waals surface area contributed by atoms with Gasteiger partial charge >= 0.3 is 6.18 Å². The average Bonchev–Trinajstić information content (AvgIpc) is 3.13. The van der Waals surface area contributed by atoms with E-state index < -0.39 is 24.2 Å². The maximum Gasteiger partial charge on any atom is 0.410 e. The highest BCUT2D eigenvalue weighted by Gasteiger charge is 2.47. The number of alkyl halides is 3. The molecule has 0 fully saturated rings. The Balaban J connectivity index is 1.70. The number of halogens is 4. The second-order valence-electron chi connectivity index (χ2n) is 7.19. The highest BCUT2D eigenvalue weighted by atomic mass is 35.5. The van der Waals surface area contributed by atoms with Gasteiger partial charge in [0, 0.05) is 6.42 Å². The Labute approximate surface area is 175 Å². The van der Waals surface area contributed by atoms with Crippen LogP contribution in [0, 0.1) is 6.92 Å². The zero-order valence-electron chi connectivity index (χ0n) is 15.9. The van der Waals surface area contributed by atoms with E-state index in [9.17, 15) is 18.0 Å². The molecule has 0 unspecified atom stereocenters. The number of amides is 1. The number of aromatic nitrogens is 2. The van der Waals surface area contributed by atoms with E-state index in [0.717, 1.165) is 16.4 Å². The monoisotopic (exact) mass is 434 g/mol. The summed E-state index contributed by atoms with van der Waals surface area (Å²) in [5, 5.41) is 9.90. The summed E-state index contributed by atoms with van der Waals surface area (Å²) in [6.45, 7) is 1.91. The van der Waals surface area contributed by atoms with Crippen molar-refractivity contribution in [3.8, 4) is 0 Å². The van der Waals surface area contributed by atoms with Gasteiger partial charge in [-0.1, -0.05) is 53.6 Å². The van der Waals surface area contributed by atoms with Crippen LogP contribution < -0.4 is 10.6 Å². The molecule has 4 rings (SSSR count). The third-order valence-corrected chi connectivity index (χ3v) is 5.41. The van der Waals surface area contributed by atoms with Crippen LogP contribution in [0.25, 0.3) is 0 Å². The van der Waals surface area contributed by atoms with Crippen molar-refractivity contribution in [1.29, 1.82) is 0 Å². The van der Waals surface area contributed by atoms with Crippen LogP contribution in [-0.4, -0.2) is 21.9 Å². The lowest BCUT2D eigenvalue weighted by atomic mass is 9.96. The van der Waals surface area contributed by atoms with E-state index in [1.165, 1.54) is 0 Å². The molecule has 1 amide bonds. The molecule has 156 valence electrons. The smallest absolute Gasteiger partial charge is 0.363 e. The molecule has 2 aromatic carbocycles. The minimum Gasteiger partial charge on any atom is -0.363 e. The van der Waals surface area contributed by atoms with Crippen LogP contribution in [0.2, 0.25) is 5.02 Å². The molecule has 1 aliphatic rings. The maximum atomic E-state index is 13.8. The van der Waals surface area contributed by atoms with Crippen molar-refractivity contribution >= 4 is 29.0 Å². The third-order valence-electron chi connectivity index (χ3n) is 5.08. The van der Waals surface area contributed by atoms with E-state index in [0.29, 0.717) is 16.3 Å². The summed E-state index contributed by atoms with van der Waals surface area (Å²) in [6.07, 6.45) is -3.60. The van der Waals surface area contributed by atoms with Crippen LogP contribution in [0.15, 0.2) is 54.7 Å². The van der Waals surface area contributed by atoms with E-state index in [1.807, 2.05) is 19.1 Å². The van der Waals surface area contributed by atoms with Gasteiger partial charge in [0.15, 0.2) is 6.04 Å². The SMILES string of the molecule is Cc1ccc([C@@H]2C[C@H](C(F)(F)F)n3ncc(C(=O)Nc4ccccc4Cl)c3N2)cc1. The van der Waals surface area contributed by atoms with Gasteiger partial charge in [0.05, 0.1) is 22.9 Å². The van der Waals surface area contributed by atoms with Crippen molar-refractivity contribution in [3.63, 3.8) is 0 Å². The average molecular weight is 435 g/mol. The number of nitrogens with one attached hydrogen (secondary N) is 2. The number of carbonyl (C=O) groups excluding carboxylic acids is 1. The fourth-order valence-electron chi connectivity index (χ4n) is 3.50. The van der Waals surface area contributed by atoms with Crippen molar-refractivity contribution in [3.05, 3.63) is 76.4 Å². The Morgan fingerprint density at radius 3 is 2.57 bits per heavy atom. The Bertz CT molecular complexity index is 1080. The fourth-order valence-corrected chi connectivity index (χ4v) is 3.68. The van der Waals surface area contributed by atoms with Gasteiger partial charge in [-0.2, -0.15) is 18.3 Å². The van der Waals surface area contributed by atoms with Crippen LogP contribution in [0.3, 0.4) is 0 Å². The van der Waals surface area contributed by atoms with E-state index in [-0.39, 0.29) is 17.8 Å². The summed E-state index contributed by atoms with van der Waals surface area (Å²) in [7, 11) is 0. The van der Waals surface area contributed by atoms with Crippen LogP contribution in [-0.2, 0) is 0 Å². The molecule has 2 heterocycles. The molecule has 0 bridgehead atoms. The summed E-state index contributed by atoms with van der Waals surface area (Å²) in [6, 6.07) is 11.4. The van der Waals surface area contributed by atoms with Crippen molar-refractivity contribution in [2.45, 2.75) is 31.6 Å². The highest BCUT2D eigenvalue weighted by molar-refractivity contribution is 6.34. The molecule has 3 aromatic rings. The number of para-hydroxylation sites is 1. The fraction of sp³-hybridized carbons (Fsp3) is 0.238. The van der Waals surface area contributed by atoms with Gasteiger partial charge in [0.1, 0.15) is 11.4 Å². The van der Waals surface area contributed by atoms with Crippen molar-refractivity contribution in [1.82, 2.24) is 9.78 Å². The molecule has 9 heteroatoms. The number of aryl methyl sites for hydroxylation is 1. The lowest BCUT2D eigenvalue weighted by Crippen LogP contribution is -2.36. The van der Waals surface area contributed by atoms with Gasteiger partial charge in [0.25, 0.3) is 5.91 Å². The summed E-state index contributed by atoms with van der Waals surface area (Å²) in [5.41, 5.74) is 2.09. The highest BCUT2D eigenvalue weighted by Crippen LogP contribution is 2.44. The normalized spacial score (nSPS) is 18.4. The largest absolute Gasteiger partial charge is 0.410 e. The predicted molar refractivity (Wildman–Crippen MR) is 109 cm³/mol. The molecule has 0 radical (unpaired) electrons. The Kier molecular flexibility index (Phi) is 5.19. The molecule has 30 heavy (non-hydrogen) atoms. The molecule has 0 saturated carbocycles. The van der Waals surface area contributed by atoms with Crippen LogP contribution >= 0.6 is 11.6 Å². The van der Waals surface area contributed by atoms with Crippen molar-refractivity contribution in [2.24, 2.45) is 0 Å². The molecular weight excluding hydrogens is 417 g/mol. The quantitative estimate of drug-likeness (QED) is 0.551. The number of rotatable bonds is 3. The van der Waals surface area contributed by atoms with Crippen LogP contribution in [0.4, 0.5) is 24.7 Å². The first kappa shape index (κ1) is 20.3. The summed E-state index contributed by atoms with van der Waals surface area (Å²) in [4.78, 5) is 12.8. The molecule has 0 spiro atoms. The number of hydrogen-bond donors (Lipinski definition) is 2. The minimum atomic E-state index is -4.51. The molecular formula is C21H18ClF3N4O. The zero-order chi connectivity index (χ0) is 21.5. The Morgan fingerprint density at radius 1 is 1.20 bits per heavy atom. The van der Waals surface area contributed by atoms with Crippen molar-refractivity contribution < 1.29 is 18.0 Å². The number of hydrogen-bond acceptors (Lipinski definition) is 3. The van der Waals surface area contributed by atoms with Gasteiger partial charge in [-0.15, -0.1) is 0 Å². The standard InChI is InChI=1S/C21H18ClF3N4O/c1-12-6-8-13(9-7-12)17-10-18(21(23,24)25)29-19(27-17)14(11-26-29)20(30)28-16-5-3-2-4-15(16)22/h2-9,11,17-18,27H,10H2,1H3,(H,28,30)/t17-,18+/m0/s1. The van der Waals surface area contributed by atoms with Crippen LogP contribution in [0.1, 0.15) is 40.0 Å². The first-order chi connectivity index (χ1) is 14.2. The van der Waals surface area contributed by atoms with Gasteiger partial charge in [-0.05, 0) is 24.6 Å². The van der Waals surface area contributed by atoms with Gasteiger partial charge in [0.2, 0.25) is 0 Å². The second-order valence-corrected chi connectivity index (χ2v) is 7.59. The summed E-state index contributed by atoms with van der Waals surface area (Å²) in [5.74, 6) is -0.568. The zero-order valence-corrected chi connectivity index (χ0v) is 16.6. The first-order valence-electron chi connectivity index (χ1n) is 9.27. The van der Waals surface area contributed by atoms with Gasteiger partial charge in [-0.3, -0.25) is 4.79 Å². The van der Waals surface area contributed by atoms with Crippen molar-refractivity contribution in [2.75, 3.05) is 10.6 Å². The summed E-state index contributed by atoms with van der Waals surface area (Å²) < 4.78 is 42.2. The maximum absolute atomic E-state index is 13.8. The number of nitrogens with zero attached hydrogens (tertiary/aromatic N) is 2. The molecule has 0 aliphatic carbocycles. The lowest BCUT2D eigenvalue weighted by Gasteiger charge is -2.34. The number of fused-ring (bicyclic) bond motifs is 1. The van der Waals surface area contributed by atoms with Gasteiger partial charge in [-0.25, -0.2) is 4.68 Å². The molecule has 1 aromatic heterocycles. The van der Waals surface area contributed by atoms with Crippen LogP contribution in [0.5, 0.6) is 0 Å². The van der Waals surface area contributed by atoms with E-state index >= 15 is 0 Å². The number of anilines is 2. The van der Waals surface area contributed by atoms with E-state index in [4.69, 9.17) is 11.6 Å². The number of carbonyl (C=O) groups is 1. The first-order valence-corrected chi connectivity index (χ1v) is 9.65.